The van der Waals surface area contributed by atoms with Gasteiger partial charge in [-0.3, -0.25) is 9.00 Å². The number of hydrogen-bond acceptors (Lipinski definition) is 4. The number of azo groups is 1. The van der Waals surface area contributed by atoms with Gasteiger partial charge < -0.3 is 4.90 Å². The second kappa shape index (κ2) is 7.90. The van der Waals surface area contributed by atoms with Crippen molar-refractivity contribution >= 4 is 34.0 Å². The summed E-state index contributed by atoms with van der Waals surface area (Å²) < 4.78 is 13.3. The lowest BCUT2D eigenvalue weighted by molar-refractivity contribution is -0.120. The first kappa shape index (κ1) is 19.7. The summed E-state index contributed by atoms with van der Waals surface area (Å²) in [6.45, 7) is 3.76. The number of benzene rings is 2. The Hall–Kier alpha value is -2.05. The fourth-order valence-electron chi connectivity index (χ4n) is 3.01. The Morgan fingerprint density at radius 1 is 1.19 bits per heavy atom. The molecule has 5 nitrogen and oxygen atoms in total. The summed E-state index contributed by atoms with van der Waals surface area (Å²) >= 11 is 6.57. The Bertz CT molecular complexity index is 873. The van der Waals surface area contributed by atoms with Gasteiger partial charge in [0, 0.05) is 12.7 Å². The number of likely N-dealkylation sites (N-methyl/N-ethyl adjacent to an activating group) is 1. The van der Waals surface area contributed by atoms with E-state index in [-0.39, 0.29) is 11.8 Å². The molecule has 0 N–H and O–H groups in total. The van der Waals surface area contributed by atoms with Crippen LogP contribution in [-0.4, -0.2) is 33.5 Å². The van der Waals surface area contributed by atoms with Crippen LogP contribution in [-0.2, 0) is 21.3 Å². The molecule has 1 aliphatic rings. The van der Waals surface area contributed by atoms with Crippen molar-refractivity contribution in [1.29, 1.82) is 0 Å². The Morgan fingerprint density at radius 2 is 1.81 bits per heavy atom. The van der Waals surface area contributed by atoms with E-state index in [1.807, 2.05) is 61.5 Å². The molecule has 27 heavy (non-hydrogen) atoms. The molecule has 2 aromatic carbocycles. The lowest BCUT2D eigenvalue weighted by Gasteiger charge is -2.31. The van der Waals surface area contributed by atoms with Crippen LogP contribution in [0.1, 0.15) is 18.1 Å². The highest BCUT2D eigenvalue weighted by Gasteiger charge is 2.57. The molecule has 1 aliphatic heterocycles. The molecule has 142 valence electrons. The first-order chi connectivity index (χ1) is 12.9. The van der Waals surface area contributed by atoms with Crippen LogP contribution in [0.2, 0.25) is 0 Å². The monoisotopic (exact) mass is 403 g/mol. The van der Waals surface area contributed by atoms with Crippen molar-refractivity contribution in [3.63, 3.8) is 0 Å². The Balaban J connectivity index is 1.95. The highest BCUT2D eigenvalue weighted by molar-refractivity contribution is 7.86. The second-order valence-electron chi connectivity index (χ2n) is 6.73. The molecular weight excluding hydrogens is 382 g/mol. The molecule has 2 aromatic rings. The number of halogens is 1. The summed E-state index contributed by atoms with van der Waals surface area (Å²) in [5.74, 6) is -0.225. The van der Waals surface area contributed by atoms with Crippen LogP contribution >= 0.6 is 11.6 Å². The largest absolute Gasteiger partial charge is 0.312 e. The maximum absolute atomic E-state index is 13.4. The first-order valence-corrected chi connectivity index (χ1v) is 10.4. The summed E-state index contributed by atoms with van der Waals surface area (Å²) in [6.07, 6.45) is 0. The predicted molar refractivity (Wildman–Crippen MR) is 110 cm³/mol. The molecule has 4 atom stereocenters. The van der Waals surface area contributed by atoms with E-state index in [2.05, 4.69) is 10.2 Å². The van der Waals surface area contributed by atoms with Gasteiger partial charge in [-0.15, -0.1) is 11.6 Å². The molecule has 0 radical (unpaired) electrons. The van der Waals surface area contributed by atoms with Gasteiger partial charge in [0.2, 0.25) is 0 Å². The van der Waals surface area contributed by atoms with Gasteiger partial charge >= 0.3 is 0 Å². The zero-order valence-corrected chi connectivity index (χ0v) is 17.1. The minimum Gasteiger partial charge on any atom is -0.312 e. The van der Waals surface area contributed by atoms with E-state index in [1.165, 1.54) is 4.90 Å². The lowest BCUT2D eigenvalue weighted by Crippen LogP contribution is -2.55. The molecule has 1 amide bonds. The number of anilines is 1. The zero-order valence-electron chi connectivity index (χ0n) is 15.5. The minimum absolute atomic E-state index is 0.184. The van der Waals surface area contributed by atoms with Crippen LogP contribution in [0.3, 0.4) is 0 Å². The number of carbonyl (C=O) groups is 1. The van der Waals surface area contributed by atoms with E-state index < -0.39 is 27.0 Å². The summed E-state index contributed by atoms with van der Waals surface area (Å²) in [6, 6.07) is 16.5. The number of amides is 1. The molecule has 0 fully saturated rings. The number of alkyl halides is 1. The maximum Gasteiger partial charge on any atom is 0.271 e. The second-order valence-corrected chi connectivity index (χ2v) is 8.80. The average Bonchev–Trinajstić information content (AvgIpc) is 2.98. The van der Waals surface area contributed by atoms with Crippen molar-refractivity contribution in [2.75, 3.05) is 11.9 Å². The van der Waals surface area contributed by atoms with Gasteiger partial charge in [-0.1, -0.05) is 48.0 Å². The highest BCUT2D eigenvalue weighted by atomic mass is 35.5. The molecule has 0 bridgehead atoms. The summed E-state index contributed by atoms with van der Waals surface area (Å²) in [4.78, 5) is 13.3. The Morgan fingerprint density at radius 3 is 2.37 bits per heavy atom. The number of nitrogens with zero attached hydrogens (tertiary/aromatic N) is 3. The smallest absolute Gasteiger partial charge is 0.271 e. The van der Waals surface area contributed by atoms with Gasteiger partial charge in [0.15, 0.2) is 0 Å². The number of rotatable bonds is 5. The quantitative estimate of drug-likeness (QED) is 0.706. The van der Waals surface area contributed by atoms with Gasteiger partial charge in [0.1, 0.15) is 5.38 Å². The van der Waals surface area contributed by atoms with E-state index in [9.17, 15) is 9.00 Å². The van der Waals surface area contributed by atoms with Crippen LogP contribution in [0.4, 0.5) is 5.69 Å². The maximum atomic E-state index is 13.4. The standard InChI is InChI=1S/C20H22ClN3O2S/c1-14-9-11-17(12-10-14)24(3)19(25)20(18(21)15(2)22-23-20)27(26)13-16-7-5-4-6-8-16/h4-12,15,18H,13H2,1-3H3/t15-,18-,20+,27?/m0/s1. The molecule has 0 saturated carbocycles. The van der Waals surface area contributed by atoms with Crippen molar-refractivity contribution in [3.8, 4) is 0 Å². The summed E-state index contributed by atoms with van der Waals surface area (Å²) in [5.41, 5.74) is 2.64. The molecule has 1 unspecified atom stereocenters. The third-order valence-electron chi connectivity index (χ3n) is 4.71. The van der Waals surface area contributed by atoms with Crippen molar-refractivity contribution in [3.05, 3.63) is 65.7 Å². The van der Waals surface area contributed by atoms with E-state index in [1.54, 1.807) is 14.0 Å². The topological polar surface area (TPSA) is 62.1 Å². The Kier molecular flexibility index (Phi) is 5.77. The van der Waals surface area contributed by atoms with E-state index in [0.717, 1.165) is 11.1 Å². The Labute approximate surface area is 166 Å². The molecule has 7 heteroatoms. The molecule has 3 rings (SSSR count). The summed E-state index contributed by atoms with van der Waals surface area (Å²) in [5, 5.41) is 7.51. The van der Waals surface area contributed by atoms with Crippen molar-refractivity contribution in [2.24, 2.45) is 10.2 Å². The highest BCUT2D eigenvalue weighted by Crippen LogP contribution is 2.39. The predicted octanol–water partition coefficient (Wildman–Crippen LogP) is 4.06. The van der Waals surface area contributed by atoms with Crippen LogP contribution in [0.5, 0.6) is 0 Å². The van der Waals surface area contributed by atoms with Gasteiger partial charge in [0.05, 0.1) is 22.6 Å². The molecule has 1 heterocycles. The summed E-state index contributed by atoms with van der Waals surface area (Å²) in [7, 11) is -0.0188. The SMILES string of the molecule is Cc1ccc(N(C)C(=O)[C@@]2(S(=O)Cc3ccccc3)N=N[C@@H](C)[C@@H]2Cl)cc1. The molecule has 0 spiro atoms. The molecule has 0 aliphatic carbocycles. The van der Waals surface area contributed by atoms with Crippen LogP contribution < -0.4 is 4.90 Å². The van der Waals surface area contributed by atoms with Crippen molar-refractivity contribution < 1.29 is 9.00 Å². The number of aryl methyl sites for hydroxylation is 1. The van der Waals surface area contributed by atoms with Gasteiger partial charge in [-0.2, -0.15) is 10.2 Å². The zero-order chi connectivity index (χ0) is 19.6. The van der Waals surface area contributed by atoms with E-state index in [4.69, 9.17) is 11.6 Å². The van der Waals surface area contributed by atoms with Gasteiger partial charge in [-0.25, -0.2) is 0 Å². The fourth-order valence-corrected chi connectivity index (χ4v) is 5.13. The van der Waals surface area contributed by atoms with Gasteiger partial charge in [-0.05, 0) is 31.5 Å². The minimum atomic E-state index is -1.67. The average molecular weight is 404 g/mol. The molecular formula is C20H22ClN3O2S. The third-order valence-corrected chi connectivity index (χ3v) is 7.32. The number of hydrogen-bond donors (Lipinski definition) is 0. The number of carbonyl (C=O) groups excluding carboxylic acids is 1. The van der Waals surface area contributed by atoms with Crippen LogP contribution in [0.25, 0.3) is 0 Å². The van der Waals surface area contributed by atoms with Gasteiger partial charge in [0.25, 0.3) is 10.8 Å². The third kappa shape index (κ3) is 3.69. The normalized spacial score (nSPS) is 25.3. The lowest BCUT2D eigenvalue weighted by atomic mass is 10.1. The van der Waals surface area contributed by atoms with E-state index in [0.29, 0.717) is 5.69 Å². The van der Waals surface area contributed by atoms with Crippen molar-refractivity contribution in [2.45, 2.75) is 35.9 Å². The van der Waals surface area contributed by atoms with Crippen LogP contribution in [0.15, 0.2) is 64.8 Å². The molecule has 0 saturated heterocycles. The first-order valence-electron chi connectivity index (χ1n) is 8.69. The molecule has 0 aromatic heterocycles. The van der Waals surface area contributed by atoms with Crippen molar-refractivity contribution in [1.82, 2.24) is 0 Å². The van der Waals surface area contributed by atoms with Crippen LogP contribution in [0, 0.1) is 6.92 Å². The van der Waals surface area contributed by atoms with E-state index >= 15 is 0 Å². The fraction of sp³-hybridized carbons (Fsp3) is 0.350.